The Morgan fingerprint density at radius 2 is 1.63 bits per heavy atom. The average molecular weight is 402 g/mol. The van der Waals surface area contributed by atoms with E-state index in [0.717, 1.165) is 10.1 Å². The first-order valence-corrected chi connectivity index (χ1v) is 9.19. The summed E-state index contributed by atoms with van der Waals surface area (Å²) in [4.78, 5) is 39.9. The van der Waals surface area contributed by atoms with Gasteiger partial charge in [0, 0.05) is 0 Å². The Balaban J connectivity index is 1.85. The van der Waals surface area contributed by atoms with Crippen molar-refractivity contribution >= 4 is 23.4 Å². The van der Waals surface area contributed by atoms with Crippen LogP contribution in [0.15, 0.2) is 74.9 Å². The van der Waals surface area contributed by atoms with Gasteiger partial charge in [-0.25, -0.2) is 9.36 Å². The van der Waals surface area contributed by atoms with Gasteiger partial charge < -0.3 is 5.11 Å². The van der Waals surface area contributed by atoms with Crippen LogP contribution in [0.2, 0.25) is 0 Å². The minimum absolute atomic E-state index is 0.148. The molecule has 0 aliphatic carbocycles. The van der Waals surface area contributed by atoms with Crippen LogP contribution in [0.1, 0.15) is 18.1 Å². The lowest BCUT2D eigenvalue weighted by molar-refractivity contribution is -0.114. The van der Waals surface area contributed by atoms with Crippen LogP contribution in [0.3, 0.4) is 0 Å². The molecule has 30 heavy (non-hydrogen) atoms. The maximum Gasteiger partial charge on any atom is 0.335 e. The number of amides is 1. The highest BCUT2D eigenvalue weighted by Crippen LogP contribution is 2.26. The van der Waals surface area contributed by atoms with E-state index < -0.39 is 23.0 Å². The monoisotopic (exact) mass is 402 g/mol. The van der Waals surface area contributed by atoms with Crippen molar-refractivity contribution in [3.05, 3.63) is 92.1 Å². The first-order chi connectivity index (χ1) is 14.4. The molecule has 1 aromatic heterocycles. The van der Waals surface area contributed by atoms with E-state index in [2.05, 4.69) is 10.1 Å². The van der Waals surface area contributed by atoms with Gasteiger partial charge in [0.05, 0.1) is 22.7 Å². The molecule has 1 aliphatic rings. The number of aromatic amines is 1. The van der Waals surface area contributed by atoms with E-state index in [4.69, 9.17) is 0 Å². The highest BCUT2D eigenvalue weighted by atomic mass is 16.3. The lowest BCUT2D eigenvalue weighted by Gasteiger charge is -2.13. The van der Waals surface area contributed by atoms with Gasteiger partial charge in [0.1, 0.15) is 5.56 Å². The number of carbonyl (C=O) groups is 1. The third-order valence-electron chi connectivity index (χ3n) is 4.83. The van der Waals surface area contributed by atoms with Crippen molar-refractivity contribution in [2.75, 3.05) is 5.01 Å². The molecule has 150 valence electrons. The fourth-order valence-corrected chi connectivity index (χ4v) is 3.28. The molecule has 0 unspecified atom stereocenters. The molecule has 0 spiro atoms. The Hall–Kier alpha value is -4.20. The minimum Gasteiger partial charge on any atom is -0.494 e. The molecule has 2 aromatic carbocycles. The largest absolute Gasteiger partial charge is 0.494 e. The zero-order valence-corrected chi connectivity index (χ0v) is 16.3. The first-order valence-electron chi connectivity index (χ1n) is 9.19. The summed E-state index contributed by atoms with van der Waals surface area (Å²) in [5.74, 6) is -0.990. The number of aromatic nitrogens is 2. The highest BCUT2D eigenvalue weighted by molar-refractivity contribution is 6.32. The predicted molar refractivity (Wildman–Crippen MR) is 114 cm³/mol. The second kappa shape index (κ2) is 7.32. The molecule has 0 atom stereocenters. The van der Waals surface area contributed by atoms with E-state index >= 15 is 0 Å². The number of carbonyl (C=O) groups excluding carboxylic acids is 1. The van der Waals surface area contributed by atoms with E-state index in [1.807, 2.05) is 6.07 Å². The quantitative estimate of drug-likeness (QED) is 0.656. The number of rotatable bonds is 3. The van der Waals surface area contributed by atoms with Crippen LogP contribution >= 0.6 is 0 Å². The Bertz CT molecular complexity index is 1330. The predicted octanol–water partition coefficient (Wildman–Crippen LogP) is 2.35. The first kappa shape index (κ1) is 19.1. The van der Waals surface area contributed by atoms with Crippen LogP contribution in [0.5, 0.6) is 5.88 Å². The van der Waals surface area contributed by atoms with Gasteiger partial charge in [-0.1, -0.05) is 36.4 Å². The molecule has 0 bridgehead atoms. The third kappa shape index (κ3) is 3.14. The Kier molecular flexibility index (Phi) is 4.67. The number of hydrazone groups is 1. The summed E-state index contributed by atoms with van der Waals surface area (Å²) >= 11 is 0. The van der Waals surface area contributed by atoms with Crippen LogP contribution in [-0.4, -0.2) is 26.3 Å². The Labute approximate surface area is 171 Å². The number of hydrogen-bond acceptors (Lipinski definition) is 5. The number of aromatic hydroxyl groups is 1. The SMILES string of the molecule is CC1=NN(c2ccccc2)C(=O)/C1=C\c1c(O)n(-c2ccccc2C)c(=O)[nH]c1=O. The Morgan fingerprint density at radius 3 is 2.33 bits per heavy atom. The number of nitrogens with one attached hydrogen (secondary N) is 1. The molecule has 0 saturated carbocycles. The van der Waals surface area contributed by atoms with Crippen molar-refractivity contribution in [2.45, 2.75) is 13.8 Å². The summed E-state index contributed by atoms with van der Waals surface area (Å²) < 4.78 is 1.00. The minimum atomic E-state index is -0.798. The topological polar surface area (TPSA) is 108 Å². The van der Waals surface area contributed by atoms with Gasteiger partial charge >= 0.3 is 5.69 Å². The highest BCUT2D eigenvalue weighted by Gasteiger charge is 2.29. The second-order valence-electron chi connectivity index (χ2n) is 6.81. The summed E-state index contributed by atoms with van der Waals surface area (Å²) in [6.07, 6.45) is 1.26. The molecule has 0 saturated heterocycles. The molecule has 0 fully saturated rings. The standard InChI is InChI=1S/C22H18N4O4/c1-13-8-6-7-11-18(13)25-20(28)17(19(27)23-22(25)30)12-16-14(2)24-26(21(16)29)15-9-4-3-5-10-15/h3-12,28H,1-2H3,(H,23,27,30)/b16-12-. The van der Waals surface area contributed by atoms with Gasteiger partial charge in [-0.3, -0.25) is 14.6 Å². The van der Waals surface area contributed by atoms with Gasteiger partial charge in [-0.15, -0.1) is 0 Å². The lowest BCUT2D eigenvalue weighted by atomic mass is 10.1. The summed E-state index contributed by atoms with van der Waals surface area (Å²) in [7, 11) is 0. The second-order valence-corrected chi connectivity index (χ2v) is 6.81. The smallest absolute Gasteiger partial charge is 0.335 e. The van der Waals surface area contributed by atoms with Gasteiger partial charge in [-0.2, -0.15) is 10.1 Å². The molecule has 1 amide bonds. The van der Waals surface area contributed by atoms with E-state index in [9.17, 15) is 19.5 Å². The van der Waals surface area contributed by atoms with Crippen LogP contribution in [-0.2, 0) is 4.79 Å². The summed E-state index contributed by atoms with van der Waals surface area (Å²) in [5, 5.41) is 16.3. The van der Waals surface area contributed by atoms with E-state index in [1.54, 1.807) is 62.4 Å². The van der Waals surface area contributed by atoms with Crippen molar-refractivity contribution < 1.29 is 9.90 Å². The molecule has 8 heteroatoms. The molecule has 2 N–H and O–H groups in total. The summed E-state index contributed by atoms with van der Waals surface area (Å²) in [6.45, 7) is 3.41. The van der Waals surface area contributed by atoms with E-state index in [0.29, 0.717) is 17.1 Å². The van der Waals surface area contributed by atoms with Gasteiger partial charge in [0.25, 0.3) is 11.5 Å². The normalized spacial score (nSPS) is 15.0. The number of para-hydroxylation sites is 2. The van der Waals surface area contributed by atoms with Crippen molar-refractivity contribution in [1.82, 2.24) is 9.55 Å². The fraction of sp³-hybridized carbons (Fsp3) is 0.0909. The van der Waals surface area contributed by atoms with Crippen LogP contribution in [0.4, 0.5) is 5.69 Å². The maximum absolute atomic E-state index is 12.9. The van der Waals surface area contributed by atoms with Crippen LogP contribution < -0.4 is 16.3 Å². The third-order valence-corrected chi connectivity index (χ3v) is 4.83. The van der Waals surface area contributed by atoms with Crippen molar-refractivity contribution in [3.63, 3.8) is 0 Å². The zero-order chi connectivity index (χ0) is 21.4. The molecular formula is C22H18N4O4. The molecule has 2 heterocycles. The van der Waals surface area contributed by atoms with Crippen LogP contribution in [0.25, 0.3) is 11.8 Å². The summed E-state index contributed by atoms with van der Waals surface area (Å²) in [5.41, 5.74) is 0.483. The van der Waals surface area contributed by atoms with Crippen molar-refractivity contribution in [1.29, 1.82) is 0 Å². The molecule has 1 aliphatic heterocycles. The fourth-order valence-electron chi connectivity index (χ4n) is 3.28. The number of aryl methyl sites for hydroxylation is 1. The average Bonchev–Trinajstić information content (AvgIpc) is 3.01. The summed E-state index contributed by atoms with van der Waals surface area (Å²) in [6, 6.07) is 15.8. The van der Waals surface area contributed by atoms with Gasteiger partial charge in [0.15, 0.2) is 0 Å². The van der Waals surface area contributed by atoms with E-state index in [1.165, 1.54) is 11.1 Å². The molecule has 3 aromatic rings. The number of benzene rings is 2. The number of H-pyrrole nitrogens is 1. The van der Waals surface area contributed by atoms with Crippen molar-refractivity contribution in [3.8, 4) is 11.6 Å². The van der Waals surface area contributed by atoms with Crippen molar-refractivity contribution in [2.24, 2.45) is 5.10 Å². The van der Waals surface area contributed by atoms with Crippen LogP contribution in [0, 0.1) is 6.92 Å². The maximum atomic E-state index is 12.9. The lowest BCUT2D eigenvalue weighted by Crippen LogP contribution is -2.31. The Morgan fingerprint density at radius 1 is 0.967 bits per heavy atom. The molecule has 4 rings (SSSR count). The molecule has 0 radical (unpaired) electrons. The number of hydrogen-bond donors (Lipinski definition) is 2. The van der Waals surface area contributed by atoms with Gasteiger partial charge in [-0.05, 0) is 43.7 Å². The van der Waals surface area contributed by atoms with Gasteiger partial charge in [0.2, 0.25) is 5.88 Å². The molecule has 8 nitrogen and oxygen atoms in total. The number of anilines is 1. The zero-order valence-electron chi connectivity index (χ0n) is 16.3. The van der Waals surface area contributed by atoms with E-state index in [-0.39, 0.29) is 11.1 Å². The molecular weight excluding hydrogens is 384 g/mol. The number of nitrogens with zero attached hydrogens (tertiary/aromatic N) is 3.